The zero-order valence-corrected chi connectivity index (χ0v) is 9.03. The van der Waals surface area contributed by atoms with E-state index in [1.165, 1.54) is 5.56 Å². The molecule has 0 saturated heterocycles. The number of hydrogen-bond donors (Lipinski definition) is 1. The lowest BCUT2D eigenvalue weighted by Gasteiger charge is -2.12. The highest BCUT2D eigenvalue weighted by Crippen LogP contribution is 2.21. The van der Waals surface area contributed by atoms with Gasteiger partial charge in [0, 0.05) is 5.56 Å². The molecule has 0 aromatic heterocycles. The first-order valence-corrected chi connectivity index (χ1v) is 5.03. The van der Waals surface area contributed by atoms with Crippen LogP contribution in [0.5, 0.6) is 0 Å². The third-order valence-corrected chi connectivity index (χ3v) is 2.50. The maximum Gasteiger partial charge on any atom is 0.216 e. The highest BCUT2D eigenvalue weighted by Gasteiger charge is 2.31. The van der Waals surface area contributed by atoms with Crippen molar-refractivity contribution in [1.29, 1.82) is 0 Å². The topological polar surface area (TPSA) is 41.8 Å². The van der Waals surface area contributed by atoms with Gasteiger partial charge in [0.1, 0.15) is 12.1 Å². The van der Waals surface area contributed by atoms with Crippen molar-refractivity contribution >= 4 is 5.90 Å². The predicted molar refractivity (Wildman–Crippen MR) is 59.2 cm³/mol. The molecule has 3 nitrogen and oxygen atoms in total. The molecule has 0 amide bonds. The molecule has 15 heavy (non-hydrogen) atoms. The van der Waals surface area contributed by atoms with Gasteiger partial charge in [0.2, 0.25) is 5.90 Å². The molecule has 0 spiro atoms. The van der Waals surface area contributed by atoms with Crippen molar-refractivity contribution in [1.82, 2.24) is 0 Å². The summed E-state index contributed by atoms with van der Waals surface area (Å²) in [6, 6.07) is 8.01. The monoisotopic (exact) mass is 205 g/mol. The van der Waals surface area contributed by atoms with Crippen LogP contribution in [0.2, 0.25) is 0 Å². The molecule has 0 saturated carbocycles. The van der Waals surface area contributed by atoms with E-state index in [0.29, 0.717) is 12.5 Å². The minimum Gasteiger partial charge on any atom is -0.475 e. The van der Waals surface area contributed by atoms with Crippen molar-refractivity contribution in [3.05, 3.63) is 35.4 Å². The van der Waals surface area contributed by atoms with E-state index in [4.69, 9.17) is 9.84 Å². The van der Waals surface area contributed by atoms with Crippen molar-refractivity contribution < 1.29 is 9.84 Å². The number of aliphatic hydroxyl groups is 1. The lowest BCUT2D eigenvalue weighted by atomic mass is 10.1. The number of benzene rings is 1. The van der Waals surface area contributed by atoms with E-state index in [9.17, 15) is 0 Å². The molecular formula is C12H15NO2. The molecule has 0 fully saturated rings. The molecular weight excluding hydrogens is 190 g/mol. The standard InChI is InChI=1S/C12H15NO2/c1-9-4-3-5-10(6-9)11-13-12(2,7-14)8-15-11/h3-6,14H,7-8H2,1-2H3. The summed E-state index contributed by atoms with van der Waals surface area (Å²) in [6.45, 7) is 4.38. The van der Waals surface area contributed by atoms with Gasteiger partial charge < -0.3 is 9.84 Å². The summed E-state index contributed by atoms with van der Waals surface area (Å²) in [6.07, 6.45) is 0. The highest BCUT2D eigenvalue weighted by atomic mass is 16.5. The second-order valence-electron chi connectivity index (χ2n) is 4.23. The van der Waals surface area contributed by atoms with Gasteiger partial charge in [0.25, 0.3) is 0 Å². The maximum atomic E-state index is 9.16. The fraction of sp³-hybridized carbons (Fsp3) is 0.417. The Morgan fingerprint density at radius 2 is 2.33 bits per heavy atom. The summed E-state index contributed by atoms with van der Waals surface area (Å²) < 4.78 is 5.49. The van der Waals surface area contributed by atoms with Gasteiger partial charge in [0.05, 0.1) is 6.61 Å². The lowest BCUT2D eigenvalue weighted by Crippen LogP contribution is -2.28. The quantitative estimate of drug-likeness (QED) is 0.795. The molecule has 1 aliphatic heterocycles. The number of aliphatic hydroxyl groups excluding tert-OH is 1. The van der Waals surface area contributed by atoms with Crippen LogP contribution in [0.3, 0.4) is 0 Å². The number of nitrogens with zero attached hydrogens (tertiary/aromatic N) is 1. The Labute approximate surface area is 89.4 Å². The molecule has 0 aliphatic carbocycles. The highest BCUT2D eigenvalue weighted by molar-refractivity contribution is 5.95. The Hall–Kier alpha value is -1.35. The van der Waals surface area contributed by atoms with Gasteiger partial charge in [-0.05, 0) is 26.0 Å². The summed E-state index contributed by atoms with van der Waals surface area (Å²) in [5, 5.41) is 9.16. The molecule has 3 heteroatoms. The number of ether oxygens (including phenoxy) is 1. The minimum absolute atomic E-state index is 0.0162. The Kier molecular flexibility index (Phi) is 2.49. The Morgan fingerprint density at radius 3 is 2.93 bits per heavy atom. The first kappa shape index (κ1) is 10.2. The van der Waals surface area contributed by atoms with Gasteiger partial charge >= 0.3 is 0 Å². The molecule has 1 heterocycles. The third-order valence-electron chi connectivity index (χ3n) is 2.50. The van der Waals surface area contributed by atoms with Crippen LogP contribution in [-0.4, -0.2) is 29.8 Å². The molecule has 0 radical (unpaired) electrons. The van der Waals surface area contributed by atoms with E-state index >= 15 is 0 Å². The van der Waals surface area contributed by atoms with Crippen LogP contribution < -0.4 is 0 Å². The smallest absolute Gasteiger partial charge is 0.216 e. The van der Waals surface area contributed by atoms with Crippen LogP contribution in [0.15, 0.2) is 29.3 Å². The van der Waals surface area contributed by atoms with Gasteiger partial charge in [-0.2, -0.15) is 0 Å². The van der Waals surface area contributed by atoms with E-state index in [1.807, 2.05) is 38.1 Å². The van der Waals surface area contributed by atoms with Crippen LogP contribution >= 0.6 is 0 Å². The number of hydrogen-bond acceptors (Lipinski definition) is 3. The molecule has 1 aromatic carbocycles. The number of rotatable bonds is 2. The maximum absolute atomic E-state index is 9.16. The van der Waals surface area contributed by atoms with Crippen molar-refractivity contribution in [3.63, 3.8) is 0 Å². The Morgan fingerprint density at radius 1 is 1.53 bits per heavy atom. The molecule has 1 atom stereocenters. The summed E-state index contributed by atoms with van der Waals surface area (Å²) >= 11 is 0. The molecule has 1 aromatic rings. The van der Waals surface area contributed by atoms with Crippen LogP contribution in [0.1, 0.15) is 18.1 Å². The van der Waals surface area contributed by atoms with Gasteiger partial charge in [-0.3, -0.25) is 0 Å². The SMILES string of the molecule is Cc1cccc(C2=NC(C)(CO)CO2)c1. The lowest BCUT2D eigenvalue weighted by molar-refractivity contribution is 0.170. The average molecular weight is 205 g/mol. The van der Waals surface area contributed by atoms with Gasteiger partial charge in [-0.15, -0.1) is 0 Å². The second-order valence-corrected chi connectivity index (χ2v) is 4.23. The Balaban J connectivity index is 2.30. The minimum atomic E-state index is -0.473. The van der Waals surface area contributed by atoms with Crippen LogP contribution in [0.4, 0.5) is 0 Å². The zero-order chi connectivity index (χ0) is 10.9. The third kappa shape index (κ3) is 2.02. The van der Waals surface area contributed by atoms with Crippen molar-refractivity contribution in [2.75, 3.05) is 13.2 Å². The fourth-order valence-corrected chi connectivity index (χ4v) is 1.54. The first-order valence-electron chi connectivity index (χ1n) is 5.03. The van der Waals surface area contributed by atoms with Crippen molar-refractivity contribution in [2.45, 2.75) is 19.4 Å². The Bertz CT molecular complexity index is 400. The predicted octanol–water partition coefficient (Wildman–Crippen LogP) is 1.52. The molecule has 80 valence electrons. The van der Waals surface area contributed by atoms with E-state index in [2.05, 4.69) is 4.99 Å². The van der Waals surface area contributed by atoms with Crippen LogP contribution in [0.25, 0.3) is 0 Å². The van der Waals surface area contributed by atoms with Crippen molar-refractivity contribution in [2.24, 2.45) is 4.99 Å². The number of aliphatic imine (C=N–C) groups is 1. The van der Waals surface area contributed by atoms with E-state index < -0.39 is 5.54 Å². The molecule has 1 N–H and O–H groups in total. The molecule has 0 bridgehead atoms. The van der Waals surface area contributed by atoms with E-state index in [-0.39, 0.29) is 6.61 Å². The fourth-order valence-electron chi connectivity index (χ4n) is 1.54. The van der Waals surface area contributed by atoms with Gasteiger partial charge in [0.15, 0.2) is 0 Å². The zero-order valence-electron chi connectivity index (χ0n) is 9.03. The summed E-state index contributed by atoms with van der Waals surface area (Å²) in [5.74, 6) is 0.634. The summed E-state index contributed by atoms with van der Waals surface area (Å²) in [4.78, 5) is 4.39. The second kappa shape index (κ2) is 3.66. The largest absolute Gasteiger partial charge is 0.475 e. The first-order chi connectivity index (χ1) is 7.13. The molecule has 1 aliphatic rings. The van der Waals surface area contributed by atoms with Crippen LogP contribution in [-0.2, 0) is 4.74 Å². The molecule has 2 rings (SSSR count). The average Bonchev–Trinajstić information content (AvgIpc) is 2.62. The van der Waals surface area contributed by atoms with E-state index in [0.717, 1.165) is 5.56 Å². The normalized spacial score (nSPS) is 24.9. The molecule has 1 unspecified atom stereocenters. The summed E-state index contributed by atoms with van der Waals surface area (Å²) in [5.41, 5.74) is 1.68. The van der Waals surface area contributed by atoms with Crippen molar-refractivity contribution in [3.8, 4) is 0 Å². The summed E-state index contributed by atoms with van der Waals surface area (Å²) in [7, 11) is 0. The number of aryl methyl sites for hydroxylation is 1. The van der Waals surface area contributed by atoms with Gasteiger partial charge in [-0.25, -0.2) is 4.99 Å². The van der Waals surface area contributed by atoms with Crippen LogP contribution in [0, 0.1) is 6.92 Å². The van der Waals surface area contributed by atoms with E-state index in [1.54, 1.807) is 0 Å². The van der Waals surface area contributed by atoms with Gasteiger partial charge in [-0.1, -0.05) is 17.7 Å².